The number of thiocyanates is 1. The third-order valence-electron chi connectivity index (χ3n) is 1.88. The van der Waals surface area contributed by atoms with Gasteiger partial charge in [0.05, 0.1) is 19.1 Å². The van der Waals surface area contributed by atoms with Gasteiger partial charge in [-0.2, -0.15) is 5.26 Å². The molecular formula is C11H11NO4S. The van der Waals surface area contributed by atoms with Crippen molar-refractivity contribution in [1.82, 2.24) is 0 Å². The van der Waals surface area contributed by atoms with Crippen LogP contribution in [-0.4, -0.2) is 26.8 Å². The van der Waals surface area contributed by atoms with E-state index in [9.17, 15) is 4.79 Å². The van der Waals surface area contributed by atoms with Crippen LogP contribution in [0, 0.1) is 10.7 Å². The van der Waals surface area contributed by atoms with Crippen molar-refractivity contribution in [2.45, 2.75) is 4.90 Å². The fraction of sp³-hybridized carbons (Fsp3) is 0.273. The van der Waals surface area contributed by atoms with Gasteiger partial charge in [-0.25, -0.2) is 4.79 Å². The molecule has 0 bridgehead atoms. The Morgan fingerprint density at radius 1 is 1.47 bits per heavy atom. The number of thioether (sulfide) groups is 1. The maximum Gasteiger partial charge on any atom is 0.343 e. The molecule has 0 aliphatic carbocycles. The summed E-state index contributed by atoms with van der Waals surface area (Å²) in [5, 5.41) is 10.5. The summed E-state index contributed by atoms with van der Waals surface area (Å²) in [5.74, 6) is 0.549. The smallest absolute Gasteiger partial charge is 0.343 e. The number of carbonyl (C=O) groups excluding carboxylic acids is 1. The van der Waals surface area contributed by atoms with Crippen LogP contribution in [0.2, 0.25) is 0 Å². The SMILES string of the molecule is COC(=O)COc1ccc(SC#N)c(OC)c1. The summed E-state index contributed by atoms with van der Waals surface area (Å²) in [6.07, 6.45) is 0. The molecule has 0 fully saturated rings. The summed E-state index contributed by atoms with van der Waals surface area (Å²) >= 11 is 0.997. The van der Waals surface area contributed by atoms with Gasteiger partial charge in [-0.15, -0.1) is 0 Å². The van der Waals surface area contributed by atoms with E-state index in [2.05, 4.69) is 4.74 Å². The van der Waals surface area contributed by atoms with Crippen LogP contribution in [0.4, 0.5) is 0 Å². The second-order valence-electron chi connectivity index (χ2n) is 2.87. The second kappa shape index (κ2) is 6.66. The molecule has 6 heteroatoms. The predicted octanol–water partition coefficient (Wildman–Crippen LogP) is 1.82. The zero-order chi connectivity index (χ0) is 12.7. The lowest BCUT2D eigenvalue weighted by Gasteiger charge is -2.08. The number of nitrogens with zero attached hydrogens (tertiary/aromatic N) is 1. The largest absolute Gasteiger partial charge is 0.495 e. The molecule has 0 atom stereocenters. The number of benzene rings is 1. The number of nitriles is 1. The van der Waals surface area contributed by atoms with Crippen molar-refractivity contribution in [3.8, 4) is 16.9 Å². The molecule has 0 unspecified atom stereocenters. The molecule has 0 aromatic heterocycles. The second-order valence-corrected chi connectivity index (χ2v) is 3.70. The van der Waals surface area contributed by atoms with Crippen molar-refractivity contribution in [3.05, 3.63) is 18.2 Å². The third-order valence-corrected chi connectivity index (χ3v) is 2.52. The van der Waals surface area contributed by atoms with E-state index in [1.165, 1.54) is 14.2 Å². The fourth-order valence-corrected chi connectivity index (χ4v) is 1.55. The zero-order valence-electron chi connectivity index (χ0n) is 9.43. The van der Waals surface area contributed by atoms with Crippen LogP contribution >= 0.6 is 11.8 Å². The Morgan fingerprint density at radius 3 is 2.82 bits per heavy atom. The quantitative estimate of drug-likeness (QED) is 0.453. The molecule has 1 aromatic rings. The number of methoxy groups -OCH3 is 2. The molecule has 17 heavy (non-hydrogen) atoms. The minimum Gasteiger partial charge on any atom is -0.495 e. The van der Waals surface area contributed by atoms with Gasteiger partial charge >= 0.3 is 5.97 Å². The molecule has 5 nitrogen and oxygen atoms in total. The number of hydrogen-bond acceptors (Lipinski definition) is 6. The average molecular weight is 253 g/mol. The van der Waals surface area contributed by atoms with Gasteiger partial charge in [0, 0.05) is 6.07 Å². The Balaban J connectivity index is 2.76. The van der Waals surface area contributed by atoms with E-state index >= 15 is 0 Å². The van der Waals surface area contributed by atoms with Crippen LogP contribution in [0.1, 0.15) is 0 Å². The number of ether oxygens (including phenoxy) is 3. The average Bonchev–Trinajstić information content (AvgIpc) is 2.37. The van der Waals surface area contributed by atoms with E-state index in [4.69, 9.17) is 14.7 Å². The molecule has 0 spiro atoms. The molecule has 0 heterocycles. The monoisotopic (exact) mass is 253 g/mol. The highest BCUT2D eigenvalue weighted by Crippen LogP contribution is 2.32. The fourth-order valence-electron chi connectivity index (χ4n) is 1.07. The molecule has 1 aromatic carbocycles. The zero-order valence-corrected chi connectivity index (χ0v) is 10.2. The first kappa shape index (κ1) is 13.2. The molecule has 0 saturated carbocycles. The molecule has 0 amide bonds. The van der Waals surface area contributed by atoms with Crippen molar-refractivity contribution >= 4 is 17.7 Å². The first-order chi connectivity index (χ1) is 8.21. The van der Waals surface area contributed by atoms with E-state index in [-0.39, 0.29) is 6.61 Å². The number of rotatable bonds is 5. The Morgan fingerprint density at radius 2 is 2.24 bits per heavy atom. The third kappa shape index (κ3) is 3.89. The van der Waals surface area contributed by atoms with Crippen molar-refractivity contribution in [1.29, 1.82) is 5.26 Å². The van der Waals surface area contributed by atoms with Gasteiger partial charge in [0.2, 0.25) is 0 Å². The normalized spacial score (nSPS) is 9.24. The van der Waals surface area contributed by atoms with Crippen molar-refractivity contribution in [2.24, 2.45) is 0 Å². The summed E-state index contributed by atoms with van der Waals surface area (Å²) in [4.78, 5) is 11.6. The van der Waals surface area contributed by atoms with Crippen LogP contribution < -0.4 is 9.47 Å². The first-order valence-electron chi connectivity index (χ1n) is 4.65. The highest BCUT2D eigenvalue weighted by Gasteiger charge is 2.07. The van der Waals surface area contributed by atoms with Gasteiger partial charge in [0.1, 0.15) is 16.9 Å². The van der Waals surface area contributed by atoms with Crippen LogP contribution in [-0.2, 0) is 9.53 Å². The summed E-state index contributed by atoms with van der Waals surface area (Å²) in [6, 6.07) is 4.97. The van der Waals surface area contributed by atoms with Gasteiger partial charge in [0.25, 0.3) is 0 Å². The number of esters is 1. The van der Waals surface area contributed by atoms with Gasteiger partial charge in [-0.05, 0) is 23.9 Å². The molecular weight excluding hydrogens is 242 g/mol. The molecule has 0 aliphatic heterocycles. The lowest BCUT2D eigenvalue weighted by molar-refractivity contribution is -0.142. The summed E-state index contributed by atoms with van der Waals surface area (Å²) in [5.41, 5.74) is 0. The van der Waals surface area contributed by atoms with Crippen LogP contribution in [0.15, 0.2) is 23.1 Å². The van der Waals surface area contributed by atoms with E-state index in [0.29, 0.717) is 16.4 Å². The van der Waals surface area contributed by atoms with Crippen LogP contribution in [0.25, 0.3) is 0 Å². The van der Waals surface area contributed by atoms with Crippen molar-refractivity contribution in [3.63, 3.8) is 0 Å². The van der Waals surface area contributed by atoms with Crippen molar-refractivity contribution in [2.75, 3.05) is 20.8 Å². The maximum absolute atomic E-state index is 10.9. The van der Waals surface area contributed by atoms with Crippen LogP contribution in [0.5, 0.6) is 11.5 Å². The molecule has 0 N–H and O–H groups in total. The van der Waals surface area contributed by atoms with Crippen LogP contribution in [0.3, 0.4) is 0 Å². The maximum atomic E-state index is 10.9. The first-order valence-corrected chi connectivity index (χ1v) is 5.46. The minimum atomic E-state index is -0.459. The summed E-state index contributed by atoms with van der Waals surface area (Å²) in [7, 11) is 2.79. The van der Waals surface area contributed by atoms with Gasteiger partial charge < -0.3 is 14.2 Å². The molecule has 0 aliphatic rings. The highest BCUT2D eigenvalue weighted by atomic mass is 32.2. The Bertz CT molecular complexity index is 442. The van der Waals surface area contributed by atoms with E-state index in [1.54, 1.807) is 18.2 Å². The Hall–Kier alpha value is -1.87. The van der Waals surface area contributed by atoms with Gasteiger partial charge in [-0.1, -0.05) is 0 Å². The van der Waals surface area contributed by atoms with Crippen molar-refractivity contribution < 1.29 is 19.0 Å². The predicted molar refractivity (Wildman–Crippen MR) is 62.0 cm³/mol. The highest BCUT2D eigenvalue weighted by molar-refractivity contribution is 8.03. The minimum absolute atomic E-state index is 0.162. The number of hydrogen-bond donors (Lipinski definition) is 0. The lowest BCUT2D eigenvalue weighted by Crippen LogP contribution is -2.12. The van der Waals surface area contributed by atoms with E-state index < -0.39 is 5.97 Å². The molecule has 1 rings (SSSR count). The summed E-state index contributed by atoms with van der Waals surface area (Å²) < 4.78 is 14.7. The lowest BCUT2D eigenvalue weighted by atomic mass is 10.3. The standard InChI is InChI=1S/C11H11NO4S/c1-14-9-5-8(16-6-11(13)15-2)3-4-10(9)17-7-12/h3-5H,6H2,1-2H3. The molecule has 90 valence electrons. The molecule has 0 radical (unpaired) electrons. The van der Waals surface area contributed by atoms with E-state index in [1.807, 2.05) is 5.40 Å². The number of carbonyl (C=O) groups is 1. The Labute approximate surface area is 103 Å². The summed E-state index contributed by atoms with van der Waals surface area (Å²) in [6.45, 7) is -0.162. The van der Waals surface area contributed by atoms with Gasteiger partial charge in [0.15, 0.2) is 6.61 Å². The van der Waals surface area contributed by atoms with E-state index in [0.717, 1.165) is 11.8 Å². The Kier molecular flexibility index (Phi) is 5.17. The topological polar surface area (TPSA) is 68.5 Å². The van der Waals surface area contributed by atoms with Gasteiger partial charge in [-0.3, -0.25) is 0 Å². The molecule has 0 saturated heterocycles.